The van der Waals surface area contributed by atoms with Crippen molar-refractivity contribution in [2.45, 2.75) is 17.1 Å². The normalized spacial score (nSPS) is 11.3. The number of nitrogens with one attached hydrogen (secondary N) is 1. The first-order valence-electron chi connectivity index (χ1n) is 9.67. The molecule has 2 aromatic carbocycles. The van der Waals surface area contributed by atoms with Gasteiger partial charge >= 0.3 is 0 Å². The summed E-state index contributed by atoms with van der Waals surface area (Å²) in [5, 5.41) is 2.83. The molecule has 3 rings (SSSR count). The number of nitrogens with zero attached hydrogens (tertiary/aromatic N) is 1. The monoisotopic (exact) mass is 570 g/mol. The maximum absolute atomic E-state index is 13.2. The number of hydrogen-bond donors (Lipinski definition) is 1. The molecule has 0 aliphatic rings. The van der Waals surface area contributed by atoms with Gasteiger partial charge in [-0.25, -0.2) is 8.42 Å². The molecule has 0 atom stereocenters. The summed E-state index contributed by atoms with van der Waals surface area (Å²) in [6.07, 6.45) is 2.44. The van der Waals surface area contributed by atoms with E-state index in [2.05, 4.69) is 27.9 Å². The topological polar surface area (TPSA) is 79.6 Å². The summed E-state index contributed by atoms with van der Waals surface area (Å²) in [5.74, 6) is 2.24. The van der Waals surface area contributed by atoms with Gasteiger partial charge in [0.25, 0.3) is 10.0 Å². The fourth-order valence-electron chi connectivity index (χ4n) is 2.80. The standard InChI is InChI=1S/C22H23IN2O4S2/c23-18-9-11-19(12-10-18)25(31(27,28)21-7-2-1-3-8-21)16-22(26)24-13-5-15-30-17-20-6-4-14-29-20/h1-4,6-12,14H,5,13,15-17H2,(H,24,26). The Bertz CT molecular complexity index is 1060. The van der Waals surface area contributed by atoms with E-state index >= 15 is 0 Å². The Morgan fingerprint density at radius 1 is 1.03 bits per heavy atom. The summed E-state index contributed by atoms with van der Waals surface area (Å²) in [6.45, 7) is 0.202. The Morgan fingerprint density at radius 3 is 2.45 bits per heavy atom. The molecule has 3 aromatic rings. The van der Waals surface area contributed by atoms with Crippen molar-refractivity contribution in [2.75, 3.05) is 23.1 Å². The van der Waals surface area contributed by atoms with Crippen molar-refractivity contribution >= 4 is 56.0 Å². The first-order chi connectivity index (χ1) is 15.0. The number of halogens is 1. The van der Waals surface area contributed by atoms with Gasteiger partial charge in [0, 0.05) is 10.1 Å². The number of amides is 1. The molecule has 0 aliphatic carbocycles. The van der Waals surface area contributed by atoms with Gasteiger partial charge in [0.05, 0.1) is 22.6 Å². The fraction of sp³-hybridized carbons (Fsp3) is 0.227. The lowest BCUT2D eigenvalue weighted by molar-refractivity contribution is -0.119. The molecule has 0 saturated carbocycles. The van der Waals surface area contributed by atoms with Crippen LogP contribution in [0.1, 0.15) is 12.2 Å². The lowest BCUT2D eigenvalue weighted by atomic mass is 10.3. The van der Waals surface area contributed by atoms with Gasteiger partial charge in [-0.2, -0.15) is 11.8 Å². The molecule has 6 nitrogen and oxygen atoms in total. The summed E-state index contributed by atoms with van der Waals surface area (Å²) in [7, 11) is -3.87. The summed E-state index contributed by atoms with van der Waals surface area (Å²) in [4.78, 5) is 12.7. The highest BCUT2D eigenvalue weighted by Gasteiger charge is 2.26. The third-order valence-electron chi connectivity index (χ3n) is 4.35. The Morgan fingerprint density at radius 2 is 1.77 bits per heavy atom. The van der Waals surface area contributed by atoms with Crippen LogP contribution in [0.15, 0.2) is 82.3 Å². The number of rotatable bonds is 11. The molecule has 0 fully saturated rings. The van der Waals surface area contributed by atoms with E-state index in [1.54, 1.807) is 48.4 Å². The molecule has 0 bridgehead atoms. The van der Waals surface area contributed by atoms with Crippen LogP contribution in [0.2, 0.25) is 0 Å². The summed E-state index contributed by atoms with van der Waals surface area (Å²) < 4.78 is 33.8. The molecule has 0 saturated heterocycles. The maximum Gasteiger partial charge on any atom is 0.264 e. The molecule has 1 amide bonds. The van der Waals surface area contributed by atoms with E-state index in [9.17, 15) is 13.2 Å². The van der Waals surface area contributed by atoms with Crippen LogP contribution < -0.4 is 9.62 Å². The number of hydrogen-bond acceptors (Lipinski definition) is 5. The van der Waals surface area contributed by atoms with Crippen molar-refractivity contribution in [1.29, 1.82) is 0 Å². The first-order valence-corrected chi connectivity index (χ1v) is 13.3. The molecular weight excluding hydrogens is 547 g/mol. The van der Waals surface area contributed by atoms with Crippen LogP contribution in [0.4, 0.5) is 5.69 Å². The quantitative estimate of drug-likeness (QED) is 0.271. The largest absolute Gasteiger partial charge is 0.468 e. The van der Waals surface area contributed by atoms with E-state index in [1.807, 2.05) is 24.3 Å². The maximum atomic E-state index is 13.2. The van der Waals surface area contributed by atoms with E-state index < -0.39 is 10.0 Å². The minimum absolute atomic E-state index is 0.149. The molecule has 9 heteroatoms. The predicted molar refractivity (Wildman–Crippen MR) is 133 cm³/mol. The highest BCUT2D eigenvalue weighted by molar-refractivity contribution is 14.1. The lowest BCUT2D eigenvalue weighted by Gasteiger charge is -2.24. The Labute approximate surface area is 200 Å². The van der Waals surface area contributed by atoms with Gasteiger partial charge in [-0.3, -0.25) is 9.10 Å². The van der Waals surface area contributed by atoms with Crippen molar-refractivity contribution in [2.24, 2.45) is 0 Å². The molecular formula is C22H23IN2O4S2. The summed E-state index contributed by atoms with van der Waals surface area (Å²) >= 11 is 3.88. The molecule has 164 valence electrons. The zero-order valence-electron chi connectivity index (χ0n) is 16.7. The van der Waals surface area contributed by atoms with Crippen LogP contribution >= 0.6 is 34.4 Å². The fourth-order valence-corrected chi connectivity index (χ4v) is 5.46. The second kappa shape index (κ2) is 11.6. The zero-order valence-corrected chi connectivity index (χ0v) is 20.5. The van der Waals surface area contributed by atoms with Gasteiger partial charge in [0.1, 0.15) is 12.3 Å². The third kappa shape index (κ3) is 7.01. The lowest BCUT2D eigenvalue weighted by Crippen LogP contribution is -2.41. The van der Waals surface area contributed by atoms with Gasteiger partial charge in [-0.15, -0.1) is 0 Å². The SMILES string of the molecule is O=C(CN(c1ccc(I)cc1)S(=O)(=O)c1ccccc1)NCCCSCc1ccco1. The molecule has 0 radical (unpaired) electrons. The van der Waals surface area contributed by atoms with Crippen LogP contribution in [-0.4, -0.2) is 33.2 Å². The van der Waals surface area contributed by atoms with E-state index in [4.69, 9.17) is 4.42 Å². The Kier molecular flexibility index (Phi) is 8.85. The molecule has 1 N–H and O–H groups in total. The Hall–Kier alpha value is -1.98. The second-order valence-electron chi connectivity index (χ2n) is 6.64. The molecule has 31 heavy (non-hydrogen) atoms. The van der Waals surface area contributed by atoms with Gasteiger partial charge in [0.15, 0.2) is 0 Å². The van der Waals surface area contributed by atoms with Gasteiger partial charge in [-0.1, -0.05) is 18.2 Å². The van der Waals surface area contributed by atoms with Crippen LogP contribution in [0.5, 0.6) is 0 Å². The number of thioether (sulfide) groups is 1. The molecule has 0 aliphatic heterocycles. The minimum atomic E-state index is -3.87. The summed E-state index contributed by atoms with van der Waals surface area (Å²) in [5.41, 5.74) is 0.452. The smallest absolute Gasteiger partial charge is 0.264 e. The van der Waals surface area contributed by atoms with Crippen molar-refractivity contribution in [3.8, 4) is 0 Å². The van der Waals surface area contributed by atoms with Crippen molar-refractivity contribution in [3.63, 3.8) is 0 Å². The van der Waals surface area contributed by atoms with E-state index in [1.165, 1.54) is 12.1 Å². The number of anilines is 1. The molecule has 0 spiro atoms. The van der Waals surface area contributed by atoms with E-state index in [0.29, 0.717) is 12.2 Å². The third-order valence-corrected chi connectivity index (χ3v) is 7.92. The minimum Gasteiger partial charge on any atom is -0.468 e. The van der Waals surface area contributed by atoms with Crippen molar-refractivity contribution in [1.82, 2.24) is 5.32 Å². The van der Waals surface area contributed by atoms with Crippen molar-refractivity contribution in [3.05, 3.63) is 82.3 Å². The average Bonchev–Trinajstić information content (AvgIpc) is 3.29. The molecule has 1 aromatic heterocycles. The average molecular weight is 570 g/mol. The van der Waals surface area contributed by atoms with Crippen molar-refractivity contribution < 1.29 is 17.6 Å². The Balaban J connectivity index is 1.59. The van der Waals surface area contributed by atoms with Crippen LogP contribution in [0.3, 0.4) is 0 Å². The van der Waals surface area contributed by atoms with E-state index in [0.717, 1.165) is 31.6 Å². The number of sulfonamides is 1. The van der Waals surface area contributed by atoms with Crippen LogP contribution in [0.25, 0.3) is 0 Å². The zero-order chi connectivity index (χ0) is 22.1. The van der Waals surface area contributed by atoms with Crippen LogP contribution in [0, 0.1) is 3.57 Å². The molecule has 0 unspecified atom stereocenters. The predicted octanol–water partition coefficient (Wildman–Crippen LogP) is 4.52. The second-order valence-corrected chi connectivity index (χ2v) is 10.8. The highest BCUT2D eigenvalue weighted by Crippen LogP contribution is 2.24. The number of benzene rings is 2. The van der Waals surface area contributed by atoms with Gasteiger partial charge in [0.2, 0.25) is 5.91 Å². The number of carbonyl (C=O) groups excluding carboxylic acids is 1. The van der Waals surface area contributed by atoms with Gasteiger partial charge < -0.3 is 9.73 Å². The van der Waals surface area contributed by atoms with E-state index in [-0.39, 0.29) is 17.3 Å². The number of carbonyl (C=O) groups is 1. The molecule has 1 heterocycles. The number of furan rings is 1. The first kappa shape index (κ1) is 23.7. The van der Waals surface area contributed by atoms with Gasteiger partial charge in [-0.05, 0) is 83.3 Å². The van der Waals surface area contributed by atoms with Crippen LogP contribution in [-0.2, 0) is 20.6 Å². The summed E-state index contributed by atoms with van der Waals surface area (Å²) in [6, 6.07) is 19.0. The highest BCUT2D eigenvalue weighted by atomic mass is 127.